The molecular formula is C45H54ClFN2O8S. The molecule has 0 spiro atoms. The minimum Gasteiger partial charge on any atom is -0.459 e. The van der Waals surface area contributed by atoms with Crippen molar-refractivity contribution >= 4 is 35.2 Å². The van der Waals surface area contributed by atoms with E-state index in [4.69, 9.17) is 35.4 Å². The zero-order chi connectivity index (χ0) is 41.1. The number of unbranched alkanes of at least 4 members (excludes halogenated alkanes) is 2. The monoisotopic (exact) mass is 836 g/mol. The SMILES string of the molecule is C=CCOC12Oc3ccc(Oc4ccc(SC)cc4)cc3C3C(CCCCO)C(CCCCO)C=C(C(=NOC)CC1N(Cc1ccc(F)cc1)C(=O)OCCCl)C32. The van der Waals surface area contributed by atoms with Gasteiger partial charge >= 0.3 is 6.09 Å². The lowest BCUT2D eigenvalue weighted by Crippen LogP contribution is -2.70. The van der Waals surface area contributed by atoms with Crippen LogP contribution in [0.2, 0.25) is 0 Å². The van der Waals surface area contributed by atoms with Crippen LogP contribution in [0.1, 0.15) is 62.0 Å². The molecule has 6 rings (SSSR count). The molecule has 2 N–H and O–H groups in total. The molecule has 58 heavy (non-hydrogen) atoms. The van der Waals surface area contributed by atoms with Gasteiger partial charge in [0.15, 0.2) is 0 Å². The van der Waals surface area contributed by atoms with Gasteiger partial charge in [0.2, 0.25) is 5.79 Å². The maximum atomic E-state index is 14.3. The van der Waals surface area contributed by atoms with Crippen LogP contribution in [0.5, 0.6) is 17.2 Å². The molecule has 10 nitrogen and oxygen atoms in total. The Labute approximate surface area is 350 Å². The summed E-state index contributed by atoms with van der Waals surface area (Å²) in [6, 6.07) is 18.9. The number of amides is 1. The number of aliphatic hydroxyl groups is 2. The second kappa shape index (κ2) is 20.8. The summed E-state index contributed by atoms with van der Waals surface area (Å²) < 4.78 is 40.6. The molecule has 1 aliphatic heterocycles. The molecule has 3 aromatic rings. The third kappa shape index (κ3) is 9.69. The third-order valence-electron chi connectivity index (χ3n) is 11.3. The average Bonchev–Trinajstić information content (AvgIpc) is 3.24. The molecule has 13 heteroatoms. The fourth-order valence-corrected chi connectivity index (χ4v) is 9.38. The number of benzene rings is 3. The van der Waals surface area contributed by atoms with E-state index in [1.165, 1.54) is 19.2 Å². The third-order valence-corrected chi connectivity index (χ3v) is 12.2. The van der Waals surface area contributed by atoms with Gasteiger partial charge in [0.1, 0.15) is 42.8 Å². The molecule has 312 valence electrons. The van der Waals surface area contributed by atoms with E-state index >= 15 is 0 Å². The van der Waals surface area contributed by atoms with Crippen LogP contribution in [0.15, 0.2) is 101 Å². The highest BCUT2D eigenvalue weighted by Gasteiger charge is 2.65. The molecule has 2 aliphatic carbocycles. The van der Waals surface area contributed by atoms with Crippen molar-refractivity contribution in [2.24, 2.45) is 22.9 Å². The first kappa shape index (κ1) is 43.5. The summed E-state index contributed by atoms with van der Waals surface area (Å²) in [6.07, 6.45) is 10.0. The lowest BCUT2D eigenvalue weighted by Gasteiger charge is -2.59. The normalized spacial score (nSPS) is 23.9. The first-order valence-electron chi connectivity index (χ1n) is 20.0. The summed E-state index contributed by atoms with van der Waals surface area (Å²) in [5.41, 5.74) is 3.15. The Morgan fingerprint density at radius 2 is 1.78 bits per heavy atom. The molecule has 6 unspecified atom stereocenters. The number of hydrogen-bond acceptors (Lipinski definition) is 10. The van der Waals surface area contributed by atoms with Crippen LogP contribution in [0.3, 0.4) is 0 Å². The maximum Gasteiger partial charge on any atom is 0.410 e. The second-order valence-corrected chi connectivity index (χ2v) is 16.0. The average molecular weight is 837 g/mol. The van der Waals surface area contributed by atoms with Crippen LogP contribution in [0.25, 0.3) is 0 Å². The Kier molecular flexibility index (Phi) is 15.6. The Hall–Kier alpha value is -4.07. The van der Waals surface area contributed by atoms with E-state index in [9.17, 15) is 19.4 Å². The van der Waals surface area contributed by atoms with Crippen molar-refractivity contribution in [3.05, 3.63) is 108 Å². The van der Waals surface area contributed by atoms with Crippen molar-refractivity contribution in [1.82, 2.24) is 4.90 Å². The number of nitrogens with zero attached hydrogens (tertiary/aromatic N) is 2. The van der Waals surface area contributed by atoms with E-state index in [0.717, 1.165) is 41.7 Å². The van der Waals surface area contributed by atoms with Crippen LogP contribution in [-0.4, -0.2) is 84.4 Å². The van der Waals surface area contributed by atoms with Gasteiger partial charge < -0.3 is 34.0 Å². The molecule has 3 aliphatic rings. The van der Waals surface area contributed by atoms with Crippen molar-refractivity contribution in [3.63, 3.8) is 0 Å². The largest absolute Gasteiger partial charge is 0.459 e. The van der Waals surface area contributed by atoms with Gasteiger partial charge in [-0.05, 0) is 110 Å². The van der Waals surface area contributed by atoms with E-state index in [0.29, 0.717) is 41.4 Å². The van der Waals surface area contributed by atoms with Crippen molar-refractivity contribution in [3.8, 4) is 17.2 Å². The quantitative estimate of drug-likeness (QED) is 0.0377. The summed E-state index contributed by atoms with van der Waals surface area (Å²) in [5, 5.41) is 24.4. The first-order chi connectivity index (χ1) is 28.3. The number of fused-ring (bicyclic) bond motifs is 2. The summed E-state index contributed by atoms with van der Waals surface area (Å²) in [5.74, 6) is -0.543. The topological polar surface area (TPSA) is 119 Å². The highest BCUT2D eigenvalue weighted by molar-refractivity contribution is 7.98. The number of ether oxygens (including phenoxy) is 4. The number of alkyl halides is 1. The molecule has 3 aromatic carbocycles. The Balaban J connectivity index is 1.58. The van der Waals surface area contributed by atoms with E-state index < -0.39 is 29.7 Å². The number of allylic oxidation sites excluding steroid dienone is 1. The molecule has 1 amide bonds. The zero-order valence-corrected chi connectivity index (χ0v) is 34.8. The van der Waals surface area contributed by atoms with E-state index in [1.807, 2.05) is 42.7 Å². The van der Waals surface area contributed by atoms with Crippen LogP contribution in [0.4, 0.5) is 9.18 Å². The molecule has 1 heterocycles. The smallest absolute Gasteiger partial charge is 0.410 e. The van der Waals surface area contributed by atoms with E-state index in [-0.39, 0.29) is 63.0 Å². The number of thioether (sulfide) groups is 1. The van der Waals surface area contributed by atoms with Crippen molar-refractivity contribution in [1.29, 1.82) is 0 Å². The van der Waals surface area contributed by atoms with Crippen LogP contribution < -0.4 is 9.47 Å². The molecule has 6 atom stereocenters. The number of carbonyl (C=O) groups excluding carboxylic acids is 1. The van der Waals surface area contributed by atoms with Gasteiger partial charge in [0, 0.05) is 42.6 Å². The summed E-state index contributed by atoms with van der Waals surface area (Å²) in [7, 11) is 1.50. The second-order valence-electron chi connectivity index (χ2n) is 14.8. The minimum absolute atomic E-state index is 0.0285. The molecule has 0 saturated heterocycles. The van der Waals surface area contributed by atoms with Gasteiger partial charge in [0.05, 0.1) is 24.1 Å². The first-order valence-corrected chi connectivity index (χ1v) is 21.7. The highest BCUT2D eigenvalue weighted by Crippen LogP contribution is 2.62. The molecule has 0 bridgehead atoms. The van der Waals surface area contributed by atoms with E-state index in [1.54, 1.807) is 34.9 Å². The fraction of sp³-hybridized carbons (Fsp3) is 0.467. The zero-order valence-electron chi connectivity index (χ0n) is 33.2. The van der Waals surface area contributed by atoms with Gasteiger partial charge in [-0.3, -0.25) is 4.90 Å². The van der Waals surface area contributed by atoms with Crippen LogP contribution in [0, 0.1) is 23.6 Å². The van der Waals surface area contributed by atoms with E-state index in [2.05, 4.69) is 23.9 Å². The van der Waals surface area contributed by atoms with Crippen molar-refractivity contribution in [2.45, 2.75) is 74.1 Å². The number of carbonyl (C=O) groups is 1. The fourth-order valence-electron chi connectivity index (χ4n) is 8.90. The standard InChI is InChI=1S/C45H54ClFN2O8S/c1-4-24-55-45-41(49(44(52)54-25-21-46)29-30-11-13-32(47)14-12-30)28-39(48-53-2)37-26-31(9-5-7-22-50)36(10-6-8-23-51)42(43(37)45)38-27-34(17-20-40(38)57-45)56-33-15-18-35(58-3)19-16-33/h4,11-20,26-27,31,36,41-43,50-51H,1,5-10,21-25,28-29H2,2-3H3. The number of aliphatic hydroxyl groups excluding tert-OH is 2. The van der Waals surface area contributed by atoms with Gasteiger partial charge in [0.25, 0.3) is 0 Å². The van der Waals surface area contributed by atoms with Gasteiger partial charge in [-0.25, -0.2) is 9.18 Å². The number of hydrogen-bond donors (Lipinski definition) is 2. The van der Waals surface area contributed by atoms with Crippen LogP contribution >= 0.6 is 23.4 Å². The lowest BCUT2D eigenvalue weighted by atomic mass is 9.55. The predicted molar refractivity (Wildman–Crippen MR) is 224 cm³/mol. The highest BCUT2D eigenvalue weighted by atomic mass is 35.5. The maximum absolute atomic E-state index is 14.3. The predicted octanol–water partition coefficient (Wildman–Crippen LogP) is 9.48. The molecule has 1 fully saturated rings. The molecule has 0 radical (unpaired) electrons. The molecular weight excluding hydrogens is 783 g/mol. The van der Waals surface area contributed by atoms with Gasteiger partial charge in [-0.15, -0.1) is 29.9 Å². The summed E-state index contributed by atoms with van der Waals surface area (Å²) >= 11 is 7.69. The van der Waals surface area contributed by atoms with Gasteiger partial charge in [-0.1, -0.05) is 42.3 Å². The lowest BCUT2D eigenvalue weighted by molar-refractivity contribution is -0.256. The number of rotatable bonds is 20. The Morgan fingerprint density at radius 1 is 1.05 bits per heavy atom. The Bertz CT molecular complexity index is 1900. The van der Waals surface area contributed by atoms with Crippen molar-refractivity contribution in [2.75, 3.05) is 45.7 Å². The number of halogens is 2. The Morgan fingerprint density at radius 3 is 2.45 bits per heavy atom. The number of oxime groups is 1. The van der Waals surface area contributed by atoms with Crippen molar-refractivity contribution < 1.29 is 43.2 Å². The minimum atomic E-state index is -1.49. The van der Waals surface area contributed by atoms with Gasteiger partial charge in [-0.2, -0.15) is 0 Å². The summed E-state index contributed by atoms with van der Waals surface area (Å²) in [6.45, 7) is 4.28. The molecule has 1 saturated carbocycles. The van der Waals surface area contributed by atoms with Crippen LogP contribution in [-0.2, 0) is 20.9 Å². The molecule has 0 aromatic heterocycles. The summed E-state index contributed by atoms with van der Waals surface area (Å²) in [4.78, 5) is 22.6.